The first-order valence-electron chi connectivity index (χ1n) is 10.2. The van der Waals surface area contributed by atoms with Crippen LogP contribution >= 0.6 is 0 Å². The lowest BCUT2D eigenvalue weighted by Crippen LogP contribution is -2.34. The molecule has 2 N–H and O–H groups in total. The van der Waals surface area contributed by atoms with Crippen molar-refractivity contribution in [2.24, 2.45) is 0 Å². The van der Waals surface area contributed by atoms with Crippen LogP contribution in [0.15, 0.2) is 54.7 Å². The van der Waals surface area contributed by atoms with Gasteiger partial charge in [0.2, 0.25) is 0 Å². The molecule has 3 aromatic rings. The van der Waals surface area contributed by atoms with Crippen LogP contribution in [0.4, 0.5) is 4.39 Å². The molecular weight excluding hydrogens is 381 g/mol. The number of aromatic amines is 1. The van der Waals surface area contributed by atoms with E-state index < -0.39 is 5.82 Å². The number of fused-ring (bicyclic) bond motifs is 3. The van der Waals surface area contributed by atoms with Gasteiger partial charge in [0, 0.05) is 35.3 Å². The summed E-state index contributed by atoms with van der Waals surface area (Å²) in [6.45, 7) is 4.37. The first kappa shape index (κ1) is 19.9. The molecule has 30 heavy (non-hydrogen) atoms. The van der Waals surface area contributed by atoms with Crippen molar-refractivity contribution in [3.63, 3.8) is 0 Å². The fourth-order valence-electron chi connectivity index (χ4n) is 3.70. The number of nitrogens with zero attached hydrogens (tertiary/aromatic N) is 1. The molecule has 0 spiro atoms. The van der Waals surface area contributed by atoms with E-state index in [1.807, 2.05) is 38.1 Å². The van der Waals surface area contributed by atoms with Crippen molar-refractivity contribution in [2.75, 3.05) is 6.54 Å². The monoisotopic (exact) mass is 405 g/mol. The van der Waals surface area contributed by atoms with E-state index in [0.29, 0.717) is 24.1 Å². The van der Waals surface area contributed by atoms with Gasteiger partial charge in [0.05, 0.1) is 11.3 Å². The van der Waals surface area contributed by atoms with Gasteiger partial charge in [0.1, 0.15) is 5.82 Å². The number of aromatic nitrogens is 1. The van der Waals surface area contributed by atoms with E-state index in [0.717, 1.165) is 28.6 Å². The van der Waals surface area contributed by atoms with Crippen LogP contribution in [0, 0.1) is 5.82 Å². The third kappa shape index (κ3) is 3.73. The molecule has 4 rings (SSSR count). The summed E-state index contributed by atoms with van der Waals surface area (Å²) in [5.74, 6) is -0.887. The Labute approximate surface area is 174 Å². The fourth-order valence-corrected chi connectivity index (χ4v) is 3.70. The average molecular weight is 405 g/mol. The number of nitrogens with one attached hydrogen (secondary N) is 2. The van der Waals surface area contributed by atoms with Crippen molar-refractivity contribution >= 4 is 28.3 Å². The van der Waals surface area contributed by atoms with Crippen LogP contribution in [0.2, 0.25) is 0 Å². The van der Waals surface area contributed by atoms with Crippen LogP contribution in [-0.4, -0.2) is 34.3 Å². The molecule has 0 radical (unpaired) electrons. The maximum atomic E-state index is 13.3. The average Bonchev–Trinajstić information content (AvgIpc) is 3.01. The van der Waals surface area contributed by atoms with E-state index in [2.05, 4.69) is 10.3 Å². The number of carbonyl (C=O) groups is 2. The molecule has 0 bridgehead atoms. The quantitative estimate of drug-likeness (QED) is 0.681. The third-order valence-electron chi connectivity index (χ3n) is 5.56. The van der Waals surface area contributed by atoms with E-state index in [-0.39, 0.29) is 17.9 Å². The summed E-state index contributed by atoms with van der Waals surface area (Å²) >= 11 is 0. The Hall–Kier alpha value is -3.41. The lowest BCUT2D eigenvalue weighted by atomic mass is 10.0. The predicted molar refractivity (Wildman–Crippen MR) is 115 cm³/mol. The zero-order chi connectivity index (χ0) is 21.3. The van der Waals surface area contributed by atoms with E-state index in [9.17, 15) is 14.0 Å². The second-order valence-corrected chi connectivity index (χ2v) is 7.61. The zero-order valence-corrected chi connectivity index (χ0v) is 17.0. The van der Waals surface area contributed by atoms with Crippen LogP contribution < -0.4 is 5.32 Å². The van der Waals surface area contributed by atoms with Crippen LogP contribution in [0.5, 0.6) is 0 Å². The summed E-state index contributed by atoms with van der Waals surface area (Å²) in [4.78, 5) is 31.1. The molecule has 0 fully saturated rings. The molecule has 6 heteroatoms. The van der Waals surface area contributed by atoms with E-state index in [1.54, 1.807) is 11.1 Å². The first-order valence-corrected chi connectivity index (χ1v) is 10.2. The topological polar surface area (TPSA) is 65.2 Å². The van der Waals surface area contributed by atoms with Gasteiger partial charge in [-0.3, -0.25) is 9.59 Å². The molecule has 0 aliphatic carbocycles. The Morgan fingerprint density at radius 2 is 1.90 bits per heavy atom. The Balaban J connectivity index is 1.77. The molecule has 1 aliphatic heterocycles. The normalized spacial score (nSPS) is 14.6. The molecule has 1 unspecified atom stereocenters. The number of hydrogen-bond acceptors (Lipinski definition) is 2. The van der Waals surface area contributed by atoms with Crippen molar-refractivity contribution in [3.8, 4) is 0 Å². The lowest BCUT2D eigenvalue weighted by Gasteiger charge is -2.18. The standard InChI is InChI=1S/C24H24FN3O2/c1-3-15(2)26-23(29)20-14-28(24(30)16-8-10-17(25)11-9-16)13-12-19-18-6-4-5-7-21(18)27-22(19)20/h4-11,14-15,27H,3,12-13H2,1-2H3,(H,26,29). The van der Waals surface area contributed by atoms with E-state index in [4.69, 9.17) is 0 Å². The summed E-state index contributed by atoms with van der Waals surface area (Å²) in [5.41, 5.74) is 3.53. The minimum Gasteiger partial charge on any atom is -0.354 e. The maximum Gasteiger partial charge on any atom is 0.257 e. The van der Waals surface area contributed by atoms with Crippen LogP contribution in [0.1, 0.15) is 41.9 Å². The molecule has 1 atom stereocenters. The van der Waals surface area contributed by atoms with Gasteiger partial charge in [-0.05, 0) is 55.7 Å². The summed E-state index contributed by atoms with van der Waals surface area (Å²) in [7, 11) is 0. The SMILES string of the molecule is CCC(C)NC(=O)C1=CN(C(=O)c2ccc(F)cc2)CCc2c1[nH]c1ccccc21. The molecule has 1 aromatic heterocycles. The van der Waals surface area contributed by atoms with Crippen molar-refractivity contribution in [1.82, 2.24) is 15.2 Å². The summed E-state index contributed by atoms with van der Waals surface area (Å²) in [6, 6.07) is 13.4. The Morgan fingerprint density at radius 1 is 1.17 bits per heavy atom. The van der Waals surface area contributed by atoms with Crippen LogP contribution in [-0.2, 0) is 11.2 Å². The molecule has 5 nitrogen and oxygen atoms in total. The Morgan fingerprint density at radius 3 is 2.63 bits per heavy atom. The highest BCUT2D eigenvalue weighted by molar-refractivity contribution is 6.21. The Bertz CT molecular complexity index is 1130. The van der Waals surface area contributed by atoms with Crippen molar-refractivity contribution in [1.29, 1.82) is 0 Å². The van der Waals surface area contributed by atoms with Gasteiger partial charge in [-0.1, -0.05) is 25.1 Å². The summed E-state index contributed by atoms with van der Waals surface area (Å²) in [6.07, 6.45) is 3.02. The Kier molecular flexibility index (Phi) is 5.40. The minimum atomic E-state index is -0.395. The highest BCUT2D eigenvalue weighted by Gasteiger charge is 2.27. The highest BCUT2D eigenvalue weighted by Crippen LogP contribution is 2.31. The molecule has 2 amide bonds. The van der Waals surface area contributed by atoms with Gasteiger partial charge in [-0.25, -0.2) is 4.39 Å². The molecular formula is C24H24FN3O2. The summed E-state index contributed by atoms with van der Waals surface area (Å²) in [5, 5.41) is 4.05. The van der Waals surface area contributed by atoms with E-state index in [1.165, 1.54) is 24.3 Å². The maximum absolute atomic E-state index is 13.3. The highest BCUT2D eigenvalue weighted by atomic mass is 19.1. The number of para-hydroxylation sites is 1. The third-order valence-corrected chi connectivity index (χ3v) is 5.56. The number of hydrogen-bond donors (Lipinski definition) is 2. The summed E-state index contributed by atoms with van der Waals surface area (Å²) < 4.78 is 13.3. The zero-order valence-electron chi connectivity index (χ0n) is 17.0. The lowest BCUT2D eigenvalue weighted by molar-refractivity contribution is -0.116. The molecule has 0 saturated heterocycles. The largest absolute Gasteiger partial charge is 0.354 e. The number of carbonyl (C=O) groups excluding carboxylic acids is 2. The van der Waals surface area contributed by atoms with Crippen molar-refractivity contribution < 1.29 is 14.0 Å². The van der Waals surface area contributed by atoms with Gasteiger partial charge in [0.15, 0.2) is 0 Å². The second kappa shape index (κ2) is 8.14. The van der Waals surface area contributed by atoms with Gasteiger partial charge in [0.25, 0.3) is 11.8 Å². The van der Waals surface area contributed by atoms with E-state index >= 15 is 0 Å². The number of benzene rings is 2. The van der Waals surface area contributed by atoms with Crippen molar-refractivity contribution in [3.05, 3.63) is 77.4 Å². The minimum absolute atomic E-state index is 0.00994. The van der Waals surface area contributed by atoms with Gasteiger partial charge >= 0.3 is 0 Å². The van der Waals surface area contributed by atoms with Crippen LogP contribution in [0.25, 0.3) is 16.5 Å². The molecule has 0 saturated carbocycles. The molecule has 1 aliphatic rings. The van der Waals surface area contributed by atoms with Crippen molar-refractivity contribution in [2.45, 2.75) is 32.7 Å². The predicted octanol–water partition coefficient (Wildman–Crippen LogP) is 4.26. The second-order valence-electron chi connectivity index (χ2n) is 7.61. The number of halogens is 1. The van der Waals surface area contributed by atoms with Gasteiger partial charge in [-0.2, -0.15) is 0 Å². The van der Waals surface area contributed by atoms with Gasteiger partial charge < -0.3 is 15.2 Å². The van der Waals surface area contributed by atoms with Gasteiger partial charge in [-0.15, -0.1) is 0 Å². The number of amides is 2. The molecule has 2 heterocycles. The molecule has 2 aromatic carbocycles. The van der Waals surface area contributed by atoms with Crippen LogP contribution in [0.3, 0.4) is 0 Å². The first-order chi connectivity index (χ1) is 14.5. The number of H-pyrrole nitrogens is 1. The number of rotatable bonds is 4. The fraction of sp³-hybridized carbons (Fsp3) is 0.250. The smallest absolute Gasteiger partial charge is 0.257 e. The molecule has 154 valence electrons.